The van der Waals surface area contributed by atoms with Crippen molar-refractivity contribution in [3.63, 3.8) is 0 Å². The molecule has 1 aromatic rings. The number of hydrogen-bond acceptors (Lipinski definition) is 5. The lowest BCUT2D eigenvalue weighted by Crippen LogP contribution is -2.55. The Balaban J connectivity index is 1.57. The molecular weight excluding hydrogens is 328 g/mol. The second-order valence-corrected chi connectivity index (χ2v) is 8.02. The van der Waals surface area contributed by atoms with Crippen molar-refractivity contribution in [2.45, 2.75) is 64.3 Å². The summed E-state index contributed by atoms with van der Waals surface area (Å²) >= 11 is 0. The molecule has 1 aromatic carbocycles. The fraction of sp³-hybridized carbons (Fsp3) is 0.714. The van der Waals surface area contributed by atoms with E-state index in [0.717, 1.165) is 44.0 Å². The van der Waals surface area contributed by atoms with Crippen molar-refractivity contribution in [2.24, 2.45) is 0 Å². The fourth-order valence-electron chi connectivity index (χ4n) is 4.88. The number of rotatable bonds is 6. The van der Waals surface area contributed by atoms with Gasteiger partial charge in [0.1, 0.15) is 17.6 Å². The number of fused-ring (bicyclic) bond motifs is 2. The zero-order valence-electron chi connectivity index (χ0n) is 16.1. The van der Waals surface area contributed by atoms with E-state index in [1.807, 2.05) is 6.92 Å². The van der Waals surface area contributed by atoms with E-state index in [0.29, 0.717) is 18.7 Å². The monoisotopic (exact) mass is 360 g/mol. The summed E-state index contributed by atoms with van der Waals surface area (Å²) in [4.78, 5) is 5.18. The van der Waals surface area contributed by atoms with E-state index in [1.165, 1.54) is 30.5 Å². The van der Waals surface area contributed by atoms with E-state index in [2.05, 4.69) is 28.9 Å². The van der Waals surface area contributed by atoms with Crippen LogP contribution in [0.25, 0.3) is 0 Å². The summed E-state index contributed by atoms with van der Waals surface area (Å²) in [5.74, 6) is 2.02. The molecule has 2 saturated heterocycles. The smallest absolute Gasteiger partial charge is 0.124 e. The number of benzene rings is 1. The third-order valence-electron chi connectivity index (χ3n) is 6.12. The lowest BCUT2D eigenvalue weighted by atomic mass is 10.0. The van der Waals surface area contributed by atoms with Crippen LogP contribution in [-0.2, 0) is 13.0 Å². The number of ether oxygens (including phenoxy) is 2. The van der Waals surface area contributed by atoms with E-state index in [1.54, 1.807) is 0 Å². The maximum atomic E-state index is 9.55. The largest absolute Gasteiger partial charge is 0.494 e. The molecule has 3 atom stereocenters. The van der Waals surface area contributed by atoms with E-state index in [-0.39, 0.29) is 12.7 Å². The summed E-state index contributed by atoms with van der Waals surface area (Å²) in [6.45, 7) is 9.35. The molecule has 0 aromatic heterocycles. The van der Waals surface area contributed by atoms with Crippen molar-refractivity contribution in [2.75, 3.05) is 32.8 Å². The number of hydrogen-bond donors (Lipinski definition) is 1. The first-order chi connectivity index (χ1) is 12.7. The van der Waals surface area contributed by atoms with Gasteiger partial charge in [0.25, 0.3) is 0 Å². The Bertz CT molecular complexity index is 636. The van der Waals surface area contributed by atoms with Gasteiger partial charge in [-0.25, -0.2) is 0 Å². The Morgan fingerprint density at radius 1 is 1.31 bits per heavy atom. The molecule has 0 spiro atoms. The van der Waals surface area contributed by atoms with Crippen LogP contribution in [0, 0.1) is 0 Å². The highest BCUT2D eigenvalue weighted by Crippen LogP contribution is 2.37. The Kier molecular flexibility index (Phi) is 5.39. The Labute approximate surface area is 156 Å². The summed E-state index contributed by atoms with van der Waals surface area (Å²) < 4.78 is 12.0. The summed E-state index contributed by atoms with van der Waals surface area (Å²) in [6, 6.07) is 5.47. The molecule has 3 heterocycles. The topological polar surface area (TPSA) is 45.2 Å². The van der Waals surface area contributed by atoms with Crippen molar-refractivity contribution in [3.8, 4) is 11.5 Å². The third kappa shape index (κ3) is 3.57. The zero-order valence-corrected chi connectivity index (χ0v) is 16.1. The average Bonchev–Trinajstić information content (AvgIpc) is 3.20. The minimum Gasteiger partial charge on any atom is -0.494 e. The van der Waals surface area contributed by atoms with Gasteiger partial charge in [0.15, 0.2) is 0 Å². The Morgan fingerprint density at radius 3 is 3.00 bits per heavy atom. The lowest BCUT2D eigenvalue weighted by molar-refractivity contribution is 0.0328. The van der Waals surface area contributed by atoms with Crippen LogP contribution in [0.15, 0.2) is 12.1 Å². The molecule has 2 fully saturated rings. The highest BCUT2D eigenvalue weighted by molar-refractivity contribution is 5.48. The molecule has 3 aliphatic heterocycles. The molecule has 0 saturated carbocycles. The number of aliphatic hydroxyl groups is 1. The van der Waals surface area contributed by atoms with Gasteiger partial charge in [0.2, 0.25) is 0 Å². The third-order valence-corrected chi connectivity index (χ3v) is 6.12. The minimum atomic E-state index is 0.249. The second kappa shape index (κ2) is 7.75. The molecule has 5 nitrogen and oxygen atoms in total. The fourth-order valence-corrected chi connectivity index (χ4v) is 4.88. The summed E-state index contributed by atoms with van der Waals surface area (Å²) in [5, 5.41) is 9.55. The van der Waals surface area contributed by atoms with Gasteiger partial charge in [-0.05, 0) is 51.8 Å². The maximum absolute atomic E-state index is 9.55. The van der Waals surface area contributed by atoms with Crippen LogP contribution >= 0.6 is 0 Å². The van der Waals surface area contributed by atoms with Gasteiger partial charge in [-0.2, -0.15) is 0 Å². The molecule has 4 rings (SSSR count). The molecule has 144 valence electrons. The van der Waals surface area contributed by atoms with Crippen LogP contribution in [0.3, 0.4) is 0 Å². The summed E-state index contributed by atoms with van der Waals surface area (Å²) in [7, 11) is 0. The number of aliphatic hydroxyl groups excluding tert-OH is 1. The maximum Gasteiger partial charge on any atom is 0.124 e. The summed E-state index contributed by atoms with van der Waals surface area (Å²) in [5.41, 5.74) is 2.48. The average molecular weight is 360 g/mol. The van der Waals surface area contributed by atoms with Crippen LogP contribution in [0.4, 0.5) is 0 Å². The van der Waals surface area contributed by atoms with E-state index >= 15 is 0 Å². The van der Waals surface area contributed by atoms with Gasteiger partial charge >= 0.3 is 0 Å². The quantitative estimate of drug-likeness (QED) is 0.844. The molecule has 3 aliphatic rings. The Hall–Kier alpha value is -1.30. The summed E-state index contributed by atoms with van der Waals surface area (Å²) in [6.07, 6.45) is 4.65. The van der Waals surface area contributed by atoms with Gasteiger partial charge in [0, 0.05) is 55.9 Å². The molecule has 5 heteroatoms. The zero-order chi connectivity index (χ0) is 18.1. The molecule has 26 heavy (non-hydrogen) atoms. The van der Waals surface area contributed by atoms with Gasteiger partial charge in [-0.1, -0.05) is 0 Å². The molecule has 2 unspecified atom stereocenters. The van der Waals surface area contributed by atoms with Crippen molar-refractivity contribution in [3.05, 3.63) is 23.3 Å². The van der Waals surface area contributed by atoms with Gasteiger partial charge in [-0.3, -0.25) is 9.80 Å². The molecule has 0 amide bonds. The van der Waals surface area contributed by atoms with Gasteiger partial charge < -0.3 is 14.6 Å². The molecular formula is C21H32N2O3. The number of nitrogens with zero attached hydrogens (tertiary/aromatic N) is 2. The first-order valence-corrected chi connectivity index (χ1v) is 10.2. The van der Waals surface area contributed by atoms with Gasteiger partial charge in [-0.15, -0.1) is 0 Å². The molecule has 0 aliphatic carbocycles. The molecule has 0 radical (unpaired) electrons. The normalized spacial score (nSPS) is 28.7. The first-order valence-electron chi connectivity index (χ1n) is 10.2. The van der Waals surface area contributed by atoms with E-state index in [9.17, 15) is 5.11 Å². The Morgan fingerprint density at radius 2 is 2.19 bits per heavy atom. The van der Waals surface area contributed by atoms with E-state index in [4.69, 9.17) is 9.47 Å². The van der Waals surface area contributed by atoms with Crippen molar-refractivity contribution in [1.82, 2.24) is 9.80 Å². The predicted molar refractivity (Wildman–Crippen MR) is 102 cm³/mol. The minimum absolute atomic E-state index is 0.249. The van der Waals surface area contributed by atoms with Gasteiger partial charge in [0.05, 0.1) is 6.61 Å². The molecule has 1 N–H and O–H groups in total. The van der Waals surface area contributed by atoms with Crippen LogP contribution in [-0.4, -0.2) is 65.9 Å². The van der Waals surface area contributed by atoms with Crippen LogP contribution in [0.2, 0.25) is 0 Å². The van der Waals surface area contributed by atoms with Crippen molar-refractivity contribution in [1.29, 1.82) is 0 Å². The SMILES string of the molecule is CCOc1cc2c(cc1CN1CC3CCCN3C[C@@H]1CCO)OC(C)C2. The van der Waals surface area contributed by atoms with Crippen LogP contribution in [0.5, 0.6) is 11.5 Å². The van der Waals surface area contributed by atoms with Crippen molar-refractivity contribution < 1.29 is 14.6 Å². The predicted octanol–water partition coefficient (Wildman–Crippen LogP) is 2.44. The number of piperazine rings is 1. The van der Waals surface area contributed by atoms with Crippen LogP contribution in [0.1, 0.15) is 44.2 Å². The highest BCUT2D eigenvalue weighted by atomic mass is 16.5. The molecule has 0 bridgehead atoms. The second-order valence-electron chi connectivity index (χ2n) is 8.02. The first kappa shape index (κ1) is 18.1. The lowest BCUT2D eigenvalue weighted by Gasteiger charge is -2.44. The standard InChI is InChI=1S/C21H32N2O3/c1-3-25-20-10-16-9-15(2)26-21(16)11-17(20)12-23-14-18-5-4-7-22(18)13-19(23)6-8-24/h10-11,15,18-19,24H,3-9,12-14H2,1-2H3/t15?,18?,19-/m0/s1. The van der Waals surface area contributed by atoms with Crippen LogP contribution < -0.4 is 9.47 Å². The highest BCUT2D eigenvalue weighted by Gasteiger charge is 2.36. The van der Waals surface area contributed by atoms with E-state index < -0.39 is 0 Å². The van der Waals surface area contributed by atoms with Crippen molar-refractivity contribution >= 4 is 0 Å².